The zero-order chi connectivity index (χ0) is 14.8. The van der Waals surface area contributed by atoms with Gasteiger partial charge in [-0.15, -0.1) is 0 Å². The van der Waals surface area contributed by atoms with E-state index in [9.17, 15) is 4.79 Å². The number of methoxy groups -OCH3 is 1. The minimum atomic E-state index is -0.365. The van der Waals surface area contributed by atoms with Crippen LogP contribution in [0.5, 0.6) is 11.5 Å². The Morgan fingerprint density at radius 3 is 2.75 bits per heavy atom. The molecule has 5 nitrogen and oxygen atoms in total. The number of nitrogens with one attached hydrogen (secondary N) is 1. The number of ether oxygens (including phenoxy) is 3. The van der Waals surface area contributed by atoms with Gasteiger partial charge in [-0.25, -0.2) is 4.79 Å². The number of benzene rings is 1. The Labute approximate surface area is 120 Å². The maximum atomic E-state index is 11.3. The summed E-state index contributed by atoms with van der Waals surface area (Å²) >= 11 is 0. The van der Waals surface area contributed by atoms with Gasteiger partial charge in [0.15, 0.2) is 6.61 Å². The number of hydrogen-bond donors (Lipinski definition) is 1. The summed E-state index contributed by atoms with van der Waals surface area (Å²) in [7, 11) is 1.62. The molecule has 0 bridgehead atoms. The van der Waals surface area contributed by atoms with Crippen LogP contribution in [0, 0.1) is 0 Å². The van der Waals surface area contributed by atoms with Crippen molar-refractivity contribution in [1.29, 1.82) is 0 Å². The van der Waals surface area contributed by atoms with Gasteiger partial charge in [-0.05, 0) is 38.1 Å². The number of esters is 1. The van der Waals surface area contributed by atoms with Crippen LogP contribution in [0.15, 0.2) is 18.2 Å². The Balaban J connectivity index is 2.69. The topological polar surface area (TPSA) is 56.8 Å². The Kier molecular flexibility index (Phi) is 7.50. The van der Waals surface area contributed by atoms with Crippen LogP contribution < -0.4 is 14.8 Å². The van der Waals surface area contributed by atoms with Crippen molar-refractivity contribution in [3.63, 3.8) is 0 Å². The zero-order valence-corrected chi connectivity index (χ0v) is 12.4. The molecule has 1 rings (SSSR count). The lowest BCUT2D eigenvalue weighted by Gasteiger charge is -2.13. The lowest BCUT2D eigenvalue weighted by atomic mass is 10.2. The van der Waals surface area contributed by atoms with Crippen molar-refractivity contribution in [2.24, 2.45) is 0 Å². The largest absolute Gasteiger partial charge is 0.497 e. The predicted octanol–water partition coefficient (Wildman–Crippen LogP) is 2.14. The molecule has 0 unspecified atom stereocenters. The van der Waals surface area contributed by atoms with Gasteiger partial charge in [0, 0.05) is 12.1 Å². The first kappa shape index (κ1) is 16.3. The van der Waals surface area contributed by atoms with Crippen molar-refractivity contribution in [3.05, 3.63) is 23.8 Å². The van der Waals surface area contributed by atoms with Crippen LogP contribution in [-0.4, -0.2) is 32.8 Å². The highest BCUT2D eigenvalue weighted by Crippen LogP contribution is 2.24. The van der Waals surface area contributed by atoms with Crippen molar-refractivity contribution in [1.82, 2.24) is 5.32 Å². The van der Waals surface area contributed by atoms with E-state index in [1.807, 2.05) is 12.1 Å². The number of hydrogen-bond acceptors (Lipinski definition) is 5. The normalized spacial score (nSPS) is 10.2. The molecular weight excluding hydrogens is 258 g/mol. The third-order valence-electron chi connectivity index (χ3n) is 2.66. The van der Waals surface area contributed by atoms with Gasteiger partial charge in [-0.3, -0.25) is 0 Å². The molecule has 20 heavy (non-hydrogen) atoms. The summed E-state index contributed by atoms with van der Waals surface area (Å²) in [6.07, 6.45) is 1.06. The van der Waals surface area contributed by atoms with E-state index in [-0.39, 0.29) is 12.6 Å². The van der Waals surface area contributed by atoms with Crippen LogP contribution in [0.3, 0.4) is 0 Å². The number of carbonyl (C=O) groups is 1. The van der Waals surface area contributed by atoms with E-state index < -0.39 is 0 Å². The summed E-state index contributed by atoms with van der Waals surface area (Å²) in [4.78, 5) is 11.3. The van der Waals surface area contributed by atoms with Crippen molar-refractivity contribution < 1.29 is 19.0 Å². The number of rotatable bonds is 9. The highest BCUT2D eigenvalue weighted by atomic mass is 16.6. The Morgan fingerprint density at radius 2 is 2.10 bits per heavy atom. The predicted molar refractivity (Wildman–Crippen MR) is 77.1 cm³/mol. The molecule has 0 aliphatic heterocycles. The molecule has 0 amide bonds. The van der Waals surface area contributed by atoms with Gasteiger partial charge in [-0.1, -0.05) is 6.92 Å². The van der Waals surface area contributed by atoms with Crippen molar-refractivity contribution >= 4 is 5.97 Å². The first-order valence-electron chi connectivity index (χ1n) is 6.87. The fraction of sp³-hybridized carbons (Fsp3) is 0.533. The minimum Gasteiger partial charge on any atom is -0.497 e. The van der Waals surface area contributed by atoms with Crippen LogP contribution in [-0.2, 0) is 16.1 Å². The lowest BCUT2D eigenvalue weighted by Crippen LogP contribution is -2.17. The second-order valence-electron chi connectivity index (χ2n) is 4.24. The van der Waals surface area contributed by atoms with Crippen LogP contribution in [0.2, 0.25) is 0 Å². The molecule has 0 atom stereocenters. The summed E-state index contributed by atoms with van der Waals surface area (Å²) in [5, 5.41) is 3.30. The molecule has 0 saturated heterocycles. The van der Waals surface area contributed by atoms with Crippen LogP contribution in [0.4, 0.5) is 0 Å². The standard InChI is InChI=1S/C15H23NO4/c1-4-8-16-10-12-9-13(18-3)6-7-14(12)20-11-15(17)19-5-2/h6-7,9,16H,4-5,8,10-11H2,1-3H3. The molecule has 0 saturated carbocycles. The smallest absolute Gasteiger partial charge is 0.344 e. The van der Waals surface area contributed by atoms with Gasteiger partial charge < -0.3 is 19.5 Å². The molecule has 112 valence electrons. The number of carbonyl (C=O) groups excluding carboxylic acids is 1. The van der Waals surface area contributed by atoms with Crippen LogP contribution in [0.1, 0.15) is 25.8 Å². The van der Waals surface area contributed by atoms with Crippen LogP contribution in [0.25, 0.3) is 0 Å². The van der Waals surface area contributed by atoms with Crippen molar-refractivity contribution in [2.75, 3.05) is 26.9 Å². The van der Waals surface area contributed by atoms with E-state index in [1.54, 1.807) is 20.1 Å². The molecule has 0 aliphatic carbocycles. The van der Waals surface area contributed by atoms with Gasteiger partial charge in [0.2, 0.25) is 0 Å². The fourth-order valence-corrected chi connectivity index (χ4v) is 1.70. The molecule has 0 aliphatic rings. The Morgan fingerprint density at radius 1 is 1.30 bits per heavy atom. The van der Waals surface area contributed by atoms with Gasteiger partial charge in [0.05, 0.1) is 13.7 Å². The molecule has 0 heterocycles. The average molecular weight is 281 g/mol. The summed E-state index contributed by atoms with van der Waals surface area (Å²) in [5.74, 6) is 1.07. The summed E-state index contributed by atoms with van der Waals surface area (Å²) in [5.41, 5.74) is 0.960. The van der Waals surface area contributed by atoms with Crippen molar-refractivity contribution in [2.45, 2.75) is 26.8 Å². The molecule has 5 heteroatoms. The lowest BCUT2D eigenvalue weighted by molar-refractivity contribution is -0.145. The van der Waals surface area contributed by atoms with E-state index in [0.717, 1.165) is 24.3 Å². The maximum absolute atomic E-state index is 11.3. The third-order valence-corrected chi connectivity index (χ3v) is 2.66. The van der Waals surface area contributed by atoms with Gasteiger partial charge in [0.25, 0.3) is 0 Å². The summed E-state index contributed by atoms with van der Waals surface area (Å²) in [6.45, 7) is 5.75. The zero-order valence-electron chi connectivity index (χ0n) is 12.4. The van der Waals surface area contributed by atoms with Crippen molar-refractivity contribution in [3.8, 4) is 11.5 Å². The molecule has 0 spiro atoms. The molecule has 0 radical (unpaired) electrons. The second-order valence-corrected chi connectivity index (χ2v) is 4.24. The van der Waals surface area contributed by atoms with Gasteiger partial charge in [0.1, 0.15) is 11.5 Å². The SMILES string of the molecule is CCCNCc1cc(OC)ccc1OCC(=O)OCC. The van der Waals surface area contributed by atoms with Gasteiger partial charge in [-0.2, -0.15) is 0 Å². The first-order valence-corrected chi connectivity index (χ1v) is 6.87. The van der Waals surface area contributed by atoms with E-state index in [2.05, 4.69) is 12.2 Å². The fourth-order valence-electron chi connectivity index (χ4n) is 1.70. The monoisotopic (exact) mass is 281 g/mol. The van der Waals surface area contributed by atoms with Crippen LogP contribution >= 0.6 is 0 Å². The molecule has 1 aromatic carbocycles. The highest BCUT2D eigenvalue weighted by molar-refractivity contribution is 5.71. The van der Waals surface area contributed by atoms with Gasteiger partial charge >= 0.3 is 5.97 Å². The highest BCUT2D eigenvalue weighted by Gasteiger charge is 2.08. The van der Waals surface area contributed by atoms with E-state index in [0.29, 0.717) is 18.9 Å². The molecule has 0 fully saturated rings. The Bertz CT molecular complexity index is 420. The second kappa shape index (κ2) is 9.20. The molecule has 1 N–H and O–H groups in total. The average Bonchev–Trinajstić information content (AvgIpc) is 2.46. The quantitative estimate of drug-likeness (QED) is 0.555. The van der Waals surface area contributed by atoms with E-state index in [1.165, 1.54) is 0 Å². The first-order chi connectivity index (χ1) is 9.71. The molecule has 0 aromatic heterocycles. The Hall–Kier alpha value is -1.75. The third kappa shape index (κ3) is 5.48. The summed E-state index contributed by atoms with van der Waals surface area (Å²) < 4.78 is 15.6. The van der Waals surface area contributed by atoms with E-state index in [4.69, 9.17) is 14.2 Å². The maximum Gasteiger partial charge on any atom is 0.344 e. The summed E-state index contributed by atoms with van der Waals surface area (Å²) in [6, 6.07) is 5.52. The van der Waals surface area contributed by atoms with E-state index >= 15 is 0 Å². The molecular formula is C15H23NO4. The molecule has 1 aromatic rings. The minimum absolute atomic E-state index is 0.0824.